The third-order valence-corrected chi connectivity index (χ3v) is 6.86. The molecular formula is C21H20N4O2S. The molecule has 0 amide bonds. The lowest BCUT2D eigenvalue weighted by molar-refractivity contribution is 0.569. The van der Waals surface area contributed by atoms with Gasteiger partial charge < -0.3 is 4.90 Å². The number of piperidine rings is 1. The van der Waals surface area contributed by atoms with E-state index in [1.165, 1.54) is 12.1 Å². The van der Waals surface area contributed by atoms with Gasteiger partial charge in [0.2, 0.25) is 9.84 Å². The number of benzene rings is 2. The number of hydrogen-bond acceptors (Lipinski definition) is 6. The summed E-state index contributed by atoms with van der Waals surface area (Å²) in [7, 11) is -3.92. The van der Waals surface area contributed by atoms with Gasteiger partial charge in [0, 0.05) is 13.1 Å². The zero-order chi connectivity index (χ0) is 19.6. The van der Waals surface area contributed by atoms with E-state index >= 15 is 0 Å². The lowest BCUT2D eigenvalue weighted by Gasteiger charge is -2.30. The first-order chi connectivity index (χ1) is 13.6. The van der Waals surface area contributed by atoms with Crippen molar-refractivity contribution in [1.82, 2.24) is 9.97 Å². The Balaban J connectivity index is 1.91. The van der Waals surface area contributed by atoms with E-state index < -0.39 is 15.1 Å². The van der Waals surface area contributed by atoms with E-state index in [1.807, 2.05) is 24.3 Å². The number of para-hydroxylation sites is 2. The summed E-state index contributed by atoms with van der Waals surface area (Å²) in [5, 5.41) is 8.44. The van der Waals surface area contributed by atoms with Crippen molar-refractivity contribution >= 4 is 26.7 Å². The van der Waals surface area contributed by atoms with Crippen LogP contribution in [0.25, 0.3) is 11.0 Å². The Kier molecular flexibility index (Phi) is 4.97. The summed E-state index contributed by atoms with van der Waals surface area (Å²) in [5.74, 6) is 0.504. The zero-order valence-corrected chi connectivity index (χ0v) is 16.1. The van der Waals surface area contributed by atoms with Gasteiger partial charge in [0.25, 0.3) is 0 Å². The van der Waals surface area contributed by atoms with E-state index in [0.717, 1.165) is 32.4 Å². The monoisotopic (exact) mass is 392 g/mol. The molecule has 4 rings (SSSR count). The number of nitrogens with zero attached hydrogens (tertiary/aromatic N) is 4. The quantitative estimate of drug-likeness (QED) is 0.673. The van der Waals surface area contributed by atoms with Crippen molar-refractivity contribution in [3.63, 3.8) is 0 Å². The van der Waals surface area contributed by atoms with Crippen molar-refractivity contribution < 1.29 is 8.42 Å². The molecule has 0 unspecified atom stereocenters. The van der Waals surface area contributed by atoms with Gasteiger partial charge in [0.05, 0.1) is 22.0 Å². The molecule has 0 N–H and O–H groups in total. The molecule has 1 aromatic heterocycles. The summed E-state index contributed by atoms with van der Waals surface area (Å²) in [5.41, 5.74) is 1.49. The summed E-state index contributed by atoms with van der Waals surface area (Å²) in [6.45, 7) is 1.56. The number of hydrogen-bond donors (Lipinski definition) is 0. The van der Waals surface area contributed by atoms with Crippen LogP contribution >= 0.6 is 0 Å². The highest BCUT2D eigenvalue weighted by molar-refractivity contribution is 7.92. The average molecular weight is 392 g/mol. The van der Waals surface area contributed by atoms with Gasteiger partial charge >= 0.3 is 0 Å². The maximum absolute atomic E-state index is 13.2. The molecule has 1 aliphatic heterocycles. The fourth-order valence-corrected chi connectivity index (χ4v) is 4.94. The van der Waals surface area contributed by atoms with E-state index in [4.69, 9.17) is 4.98 Å². The molecule has 1 fully saturated rings. The lowest BCUT2D eigenvalue weighted by atomic mass is 10.1. The van der Waals surface area contributed by atoms with Gasteiger partial charge in [0.1, 0.15) is 5.69 Å². The van der Waals surface area contributed by atoms with Gasteiger partial charge in [-0.25, -0.2) is 18.4 Å². The molecule has 1 aliphatic rings. The molecule has 2 aromatic carbocycles. The molecular weight excluding hydrogens is 372 g/mol. The van der Waals surface area contributed by atoms with Crippen LogP contribution in [0.3, 0.4) is 0 Å². The molecule has 7 heteroatoms. The Labute approximate surface area is 164 Å². The van der Waals surface area contributed by atoms with Crippen molar-refractivity contribution in [3.8, 4) is 6.07 Å². The minimum atomic E-state index is -3.92. The van der Waals surface area contributed by atoms with E-state index in [0.29, 0.717) is 16.9 Å². The molecule has 142 valence electrons. The van der Waals surface area contributed by atoms with Crippen molar-refractivity contribution in [2.45, 2.75) is 29.4 Å². The van der Waals surface area contributed by atoms with Crippen LogP contribution < -0.4 is 4.90 Å². The number of anilines is 1. The van der Waals surface area contributed by atoms with Gasteiger partial charge in [-0.15, -0.1) is 0 Å². The van der Waals surface area contributed by atoms with Crippen LogP contribution in [-0.4, -0.2) is 31.5 Å². The lowest BCUT2D eigenvalue weighted by Crippen LogP contribution is -2.32. The predicted molar refractivity (Wildman–Crippen MR) is 108 cm³/mol. The SMILES string of the molecule is N#C[C@H](c1nc2ccccc2nc1N1CCCCC1)S(=O)(=O)c1ccccc1. The van der Waals surface area contributed by atoms with Crippen molar-refractivity contribution in [2.75, 3.05) is 18.0 Å². The normalized spacial score (nSPS) is 15.9. The van der Waals surface area contributed by atoms with Crippen LogP contribution in [0, 0.1) is 11.3 Å². The Hall–Kier alpha value is -2.98. The second kappa shape index (κ2) is 7.56. The number of sulfone groups is 1. The summed E-state index contributed by atoms with van der Waals surface area (Å²) in [6, 6.07) is 17.4. The van der Waals surface area contributed by atoms with Gasteiger partial charge in [-0.1, -0.05) is 30.3 Å². The number of rotatable bonds is 4. The second-order valence-corrected chi connectivity index (χ2v) is 8.87. The van der Waals surface area contributed by atoms with E-state index in [2.05, 4.69) is 9.88 Å². The standard InChI is InChI=1S/C21H20N4O2S/c22-15-19(28(26,27)16-9-3-1-4-10-16)20-21(25-13-7-2-8-14-25)24-18-12-6-5-11-17(18)23-20/h1,3-6,9-12,19H,2,7-8,13-14H2/t19-/m1/s1. The van der Waals surface area contributed by atoms with Gasteiger partial charge in [-0.2, -0.15) is 5.26 Å². The van der Waals surface area contributed by atoms with Crippen molar-refractivity contribution in [2.24, 2.45) is 0 Å². The summed E-state index contributed by atoms with van der Waals surface area (Å²) in [6.07, 6.45) is 3.16. The molecule has 6 nitrogen and oxygen atoms in total. The van der Waals surface area contributed by atoms with Crippen LogP contribution in [0.1, 0.15) is 30.2 Å². The smallest absolute Gasteiger partial charge is 0.200 e. The third kappa shape index (κ3) is 3.32. The van der Waals surface area contributed by atoms with Crippen molar-refractivity contribution in [3.05, 3.63) is 60.3 Å². The van der Waals surface area contributed by atoms with Crippen LogP contribution in [0.4, 0.5) is 5.82 Å². The fourth-order valence-electron chi connectivity index (χ4n) is 3.54. The Morgan fingerprint density at radius 2 is 1.50 bits per heavy atom. The van der Waals surface area contributed by atoms with Crippen molar-refractivity contribution in [1.29, 1.82) is 5.26 Å². The first-order valence-corrected chi connectivity index (χ1v) is 10.9. The highest BCUT2D eigenvalue weighted by Gasteiger charge is 2.35. The Bertz CT molecular complexity index is 1130. The first kappa shape index (κ1) is 18.4. The largest absolute Gasteiger partial charge is 0.355 e. The van der Waals surface area contributed by atoms with Gasteiger partial charge in [-0.05, 0) is 43.5 Å². The Morgan fingerprint density at radius 3 is 2.14 bits per heavy atom. The van der Waals surface area contributed by atoms with E-state index in [-0.39, 0.29) is 10.6 Å². The summed E-state index contributed by atoms with van der Waals surface area (Å²) >= 11 is 0. The average Bonchev–Trinajstić information content (AvgIpc) is 2.75. The fraction of sp³-hybridized carbons (Fsp3) is 0.286. The molecule has 3 aromatic rings. The predicted octanol–water partition coefficient (Wildman–Crippen LogP) is 3.66. The van der Waals surface area contributed by atoms with Crippen LogP contribution in [0.2, 0.25) is 0 Å². The molecule has 0 bridgehead atoms. The number of nitriles is 1. The highest BCUT2D eigenvalue weighted by atomic mass is 32.2. The summed E-state index contributed by atoms with van der Waals surface area (Å²) in [4.78, 5) is 11.5. The molecule has 28 heavy (non-hydrogen) atoms. The third-order valence-electron chi connectivity index (χ3n) is 4.98. The maximum atomic E-state index is 13.2. The molecule has 0 spiro atoms. The van der Waals surface area contributed by atoms with Crippen LogP contribution in [-0.2, 0) is 9.84 Å². The number of aromatic nitrogens is 2. The van der Waals surface area contributed by atoms with Crippen LogP contribution in [0.5, 0.6) is 0 Å². The minimum Gasteiger partial charge on any atom is -0.355 e. The molecule has 0 aliphatic carbocycles. The van der Waals surface area contributed by atoms with E-state index in [1.54, 1.807) is 24.3 Å². The minimum absolute atomic E-state index is 0.112. The summed E-state index contributed by atoms with van der Waals surface area (Å²) < 4.78 is 26.5. The van der Waals surface area contributed by atoms with E-state index in [9.17, 15) is 13.7 Å². The van der Waals surface area contributed by atoms with Crippen LogP contribution in [0.15, 0.2) is 59.5 Å². The number of fused-ring (bicyclic) bond motifs is 1. The van der Waals surface area contributed by atoms with Gasteiger partial charge in [-0.3, -0.25) is 0 Å². The highest BCUT2D eigenvalue weighted by Crippen LogP contribution is 2.34. The van der Waals surface area contributed by atoms with Gasteiger partial charge in [0.15, 0.2) is 11.1 Å². The molecule has 0 saturated carbocycles. The molecule has 1 atom stereocenters. The zero-order valence-electron chi connectivity index (χ0n) is 15.3. The maximum Gasteiger partial charge on any atom is 0.200 e. The second-order valence-electron chi connectivity index (χ2n) is 6.84. The molecule has 0 radical (unpaired) electrons. The topological polar surface area (TPSA) is 86.9 Å². The Morgan fingerprint density at radius 1 is 0.893 bits per heavy atom. The molecule has 1 saturated heterocycles. The first-order valence-electron chi connectivity index (χ1n) is 9.31. The molecule has 2 heterocycles.